The van der Waals surface area contributed by atoms with E-state index in [2.05, 4.69) is 10.1 Å². The van der Waals surface area contributed by atoms with Gasteiger partial charge >= 0.3 is 12.1 Å². The van der Waals surface area contributed by atoms with Crippen molar-refractivity contribution in [3.05, 3.63) is 76.9 Å². The summed E-state index contributed by atoms with van der Waals surface area (Å²) < 4.78 is 43.1. The summed E-state index contributed by atoms with van der Waals surface area (Å²) in [6.07, 6.45) is -2.41. The number of aryl methyl sites for hydroxylation is 1. The number of aliphatic hydroxyl groups excluding tert-OH is 1. The standard InChI is InChI=1S/C24H28F3NO3/c1-16(13-23(30)31-3)19-11-9-18(10-12-19)8-7-17(2)28-15-22(29)20-5-4-6-21(14-20)24(25,26)27/h4-6,9-14,17,22,28-29H,7-8,15H2,1-3H3/b16-13+. The van der Waals surface area contributed by atoms with Crippen LogP contribution in [-0.2, 0) is 22.1 Å². The number of alkyl halides is 3. The zero-order valence-electron chi connectivity index (χ0n) is 17.9. The van der Waals surface area contributed by atoms with Crippen molar-refractivity contribution in [2.45, 2.75) is 45.0 Å². The van der Waals surface area contributed by atoms with Crippen LogP contribution in [0.25, 0.3) is 5.57 Å². The molecule has 4 nitrogen and oxygen atoms in total. The molecule has 0 heterocycles. The van der Waals surface area contributed by atoms with E-state index in [1.807, 2.05) is 38.1 Å². The van der Waals surface area contributed by atoms with Crippen molar-refractivity contribution in [1.29, 1.82) is 0 Å². The molecular formula is C24H28F3NO3. The Morgan fingerprint density at radius 3 is 2.48 bits per heavy atom. The van der Waals surface area contributed by atoms with Gasteiger partial charge in [-0.2, -0.15) is 13.2 Å². The van der Waals surface area contributed by atoms with Crippen molar-refractivity contribution in [3.63, 3.8) is 0 Å². The molecule has 7 heteroatoms. The van der Waals surface area contributed by atoms with Crippen LogP contribution in [0.4, 0.5) is 13.2 Å². The zero-order valence-corrected chi connectivity index (χ0v) is 17.9. The molecule has 2 rings (SSSR count). The van der Waals surface area contributed by atoms with E-state index in [9.17, 15) is 23.1 Å². The largest absolute Gasteiger partial charge is 0.466 e. The highest BCUT2D eigenvalue weighted by Crippen LogP contribution is 2.30. The smallest absolute Gasteiger partial charge is 0.416 e. The Hall–Kier alpha value is -2.64. The summed E-state index contributed by atoms with van der Waals surface area (Å²) in [6, 6.07) is 12.7. The van der Waals surface area contributed by atoms with E-state index in [0.29, 0.717) is 0 Å². The van der Waals surface area contributed by atoms with Crippen LogP contribution in [0.15, 0.2) is 54.6 Å². The zero-order chi connectivity index (χ0) is 23.0. The van der Waals surface area contributed by atoms with E-state index in [0.717, 1.165) is 41.7 Å². The Morgan fingerprint density at radius 2 is 1.87 bits per heavy atom. The van der Waals surface area contributed by atoms with E-state index in [4.69, 9.17) is 0 Å². The molecule has 0 aliphatic carbocycles. The molecular weight excluding hydrogens is 407 g/mol. The van der Waals surface area contributed by atoms with Crippen molar-refractivity contribution >= 4 is 11.5 Å². The maximum absolute atomic E-state index is 12.8. The molecule has 2 unspecified atom stereocenters. The lowest BCUT2D eigenvalue weighted by Gasteiger charge is -2.18. The van der Waals surface area contributed by atoms with Gasteiger partial charge in [0.15, 0.2) is 0 Å². The summed E-state index contributed by atoms with van der Waals surface area (Å²) in [4.78, 5) is 11.3. The molecule has 0 aliphatic rings. The van der Waals surface area contributed by atoms with Crippen LogP contribution in [0.5, 0.6) is 0 Å². The van der Waals surface area contributed by atoms with Gasteiger partial charge < -0.3 is 15.2 Å². The fourth-order valence-corrected chi connectivity index (χ4v) is 3.09. The number of esters is 1. The summed E-state index contributed by atoms with van der Waals surface area (Å²) in [5.74, 6) is -0.395. The first-order chi connectivity index (χ1) is 14.6. The lowest BCUT2D eigenvalue weighted by molar-refractivity contribution is -0.137. The minimum absolute atomic E-state index is 0.0704. The molecule has 0 fully saturated rings. The first-order valence-corrected chi connectivity index (χ1v) is 10.0. The van der Waals surface area contributed by atoms with E-state index < -0.39 is 23.8 Å². The monoisotopic (exact) mass is 435 g/mol. The molecule has 2 N–H and O–H groups in total. The van der Waals surface area contributed by atoms with Gasteiger partial charge in [0, 0.05) is 18.7 Å². The Balaban J connectivity index is 1.84. The van der Waals surface area contributed by atoms with E-state index in [1.54, 1.807) is 0 Å². The number of hydrogen-bond donors (Lipinski definition) is 2. The molecule has 0 aliphatic heterocycles. The highest BCUT2D eigenvalue weighted by Gasteiger charge is 2.30. The van der Waals surface area contributed by atoms with Crippen LogP contribution in [-0.4, -0.2) is 30.8 Å². The molecule has 2 atom stereocenters. The number of halogens is 3. The average Bonchev–Trinajstić information content (AvgIpc) is 2.75. The quantitative estimate of drug-likeness (QED) is 0.433. The third-order valence-corrected chi connectivity index (χ3v) is 5.07. The predicted octanol–water partition coefficient (Wildman–Crippen LogP) is 4.93. The molecule has 0 saturated carbocycles. The van der Waals surface area contributed by atoms with Gasteiger partial charge in [0.1, 0.15) is 0 Å². The maximum atomic E-state index is 12.8. The fraction of sp³-hybridized carbons (Fsp3) is 0.375. The Labute approximate surface area is 180 Å². The number of allylic oxidation sites excluding steroid dienone is 1. The van der Waals surface area contributed by atoms with E-state index in [1.165, 1.54) is 25.3 Å². The highest BCUT2D eigenvalue weighted by atomic mass is 19.4. The van der Waals surface area contributed by atoms with Crippen LogP contribution < -0.4 is 5.32 Å². The first-order valence-electron chi connectivity index (χ1n) is 10.0. The normalized spacial score (nSPS) is 14.2. The number of benzene rings is 2. The molecule has 0 aromatic heterocycles. The summed E-state index contributed by atoms with van der Waals surface area (Å²) in [5, 5.41) is 13.4. The molecule has 0 amide bonds. The second-order valence-electron chi connectivity index (χ2n) is 7.53. The van der Waals surface area contributed by atoms with Crippen LogP contribution in [0.1, 0.15) is 48.6 Å². The lowest BCUT2D eigenvalue weighted by Crippen LogP contribution is -2.30. The lowest BCUT2D eigenvalue weighted by atomic mass is 10.0. The van der Waals surface area contributed by atoms with Crippen molar-refractivity contribution in [2.75, 3.05) is 13.7 Å². The number of methoxy groups -OCH3 is 1. The minimum atomic E-state index is -4.43. The fourth-order valence-electron chi connectivity index (χ4n) is 3.09. The van der Waals surface area contributed by atoms with Gasteiger partial charge in [-0.15, -0.1) is 0 Å². The van der Waals surface area contributed by atoms with E-state index in [-0.39, 0.29) is 18.2 Å². The molecule has 0 spiro atoms. The number of carbonyl (C=O) groups is 1. The second kappa shape index (κ2) is 11.1. The predicted molar refractivity (Wildman–Crippen MR) is 114 cm³/mol. The number of rotatable bonds is 9. The third-order valence-electron chi connectivity index (χ3n) is 5.07. The van der Waals surface area contributed by atoms with Gasteiger partial charge in [-0.1, -0.05) is 36.4 Å². The van der Waals surface area contributed by atoms with Crippen molar-refractivity contribution in [3.8, 4) is 0 Å². The van der Waals surface area contributed by atoms with Gasteiger partial charge in [-0.3, -0.25) is 0 Å². The van der Waals surface area contributed by atoms with E-state index >= 15 is 0 Å². The Morgan fingerprint density at radius 1 is 1.19 bits per heavy atom. The molecule has 31 heavy (non-hydrogen) atoms. The van der Waals surface area contributed by atoms with Gasteiger partial charge in [0.2, 0.25) is 0 Å². The van der Waals surface area contributed by atoms with Crippen LogP contribution >= 0.6 is 0 Å². The number of carbonyl (C=O) groups excluding carboxylic acids is 1. The third kappa shape index (κ3) is 7.84. The molecule has 0 saturated heterocycles. The van der Waals surface area contributed by atoms with Gasteiger partial charge in [-0.25, -0.2) is 4.79 Å². The van der Waals surface area contributed by atoms with Crippen LogP contribution in [0, 0.1) is 0 Å². The minimum Gasteiger partial charge on any atom is -0.466 e. The molecule has 0 radical (unpaired) electrons. The van der Waals surface area contributed by atoms with Gasteiger partial charge in [0.25, 0.3) is 0 Å². The SMILES string of the molecule is COC(=O)/C=C(\C)c1ccc(CCC(C)NCC(O)c2cccc(C(F)(F)F)c2)cc1. The van der Waals surface area contributed by atoms with Crippen LogP contribution in [0.2, 0.25) is 0 Å². The Bertz CT molecular complexity index is 892. The number of aliphatic hydroxyl groups is 1. The average molecular weight is 435 g/mol. The van der Waals surface area contributed by atoms with Gasteiger partial charge in [0.05, 0.1) is 18.8 Å². The molecule has 2 aromatic rings. The van der Waals surface area contributed by atoms with Gasteiger partial charge in [-0.05, 0) is 61.1 Å². The van der Waals surface area contributed by atoms with Crippen molar-refractivity contribution in [2.24, 2.45) is 0 Å². The van der Waals surface area contributed by atoms with Crippen molar-refractivity contribution < 1.29 is 27.8 Å². The summed E-state index contributed by atoms with van der Waals surface area (Å²) in [7, 11) is 1.34. The maximum Gasteiger partial charge on any atom is 0.416 e. The van der Waals surface area contributed by atoms with Crippen molar-refractivity contribution in [1.82, 2.24) is 5.32 Å². The highest BCUT2D eigenvalue weighted by molar-refractivity contribution is 5.90. The summed E-state index contributed by atoms with van der Waals surface area (Å²) in [5.41, 5.74) is 2.35. The molecule has 0 bridgehead atoms. The molecule has 2 aromatic carbocycles. The number of nitrogens with one attached hydrogen (secondary N) is 1. The summed E-state index contributed by atoms with van der Waals surface area (Å²) >= 11 is 0. The topological polar surface area (TPSA) is 58.6 Å². The number of hydrogen-bond acceptors (Lipinski definition) is 4. The molecule has 168 valence electrons. The second-order valence-corrected chi connectivity index (χ2v) is 7.53. The number of ether oxygens (including phenoxy) is 1. The Kier molecular flexibility index (Phi) is 8.83. The summed E-state index contributed by atoms with van der Waals surface area (Å²) in [6.45, 7) is 3.98. The first kappa shape index (κ1) is 24.6. The van der Waals surface area contributed by atoms with Crippen LogP contribution in [0.3, 0.4) is 0 Å².